The molecule has 0 aliphatic heterocycles. The van der Waals surface area contributed by atoms with Crippen molar-refractivity contribution in [2.24, 2.45) is 0 Å². The van der Waals surface area contributed by atoms with Crippen LogP contribution >= 0.6 is 15.9 Å². The molecule has 0 aromatic heterocycles. The lowest BCUT2D eigenvalue weighted by molar-refractivity contribution is -0.104. The Kier molecular flexibility index (Phi) is 3.41. The van der Waals surface area contributed by atoms with Gasteiger partial charge < -0.3 is 0 Å². The molecule has 3 heteroatoms. The number of carbonyl (C=O) groups is 1. The van der Waals surface area contributed by atoms with E-state index in [2.05, 4.69) is 15.9 Å². The summed E-state index contributed by atoms with van der Waals surface area (Å²) in [6.07, 6.45) is 2.13. The zero-order valence-corrected chi connectivity index (χ0v) is 8.28. The minimum Gasteiger partial charge on any atom is -0.299 e. The van der Waals surface area contributed by atoms with Gasteiger partial charge in [0.25, 0.3) is 0 Å². The lowest BCUT2D eigenvalue weighted by atomic mass is 10.1. The maximum absolute atomic E-state index is 10.2. The van der Waals surface area contributed by atoms with Gasteiger partial charge in [-0.15, -0.1) is 0 Å². The molecule has 1 aromatic carbocycles. The molecule has 0 heterocycles. The molecule has 0 bridgehead atoms. The van der Waals surface area contributed by atoms with Crippen molar-refractivity contribution in [1.82, 2.24) is 0 Å². The third-order valence-electron chi connectivity index (χ3n) is 1.50. The van der Waals surface area contributed by atoms with Crippen molar-refractivity contribution in [2.75, 3.05) is 0 Å². The number of rotatable bonds is 2. The van der Waals surface area contributed by atoms with E-state index in [-0.39, 0.29) is 0 Å². The molecule has 0 saturated carbocycles. The van der Waals surface area contributed by atoms with Crippen LogP contribution in [0.15, 0.2) is 30.3 Å². The molecule has 0 spiro atoms. The first-order valence-corrected chi connectivity index (χ1v) is 4.38. The van der Waals surface area contributed by atoms with Gasteiger partial charge in [-0.05, 0) is 23.8 Å². The zero-order chi connectivity index (χ0) is 9.68. The van der Waals surface area contributed by atoms with Crippen molar-refractivity contribution in [1.29, 1.82) is 5.26 Å². The molecule has 0 fully saturated rings. The minimum atomic E-state index is 0.607. The quantitative estimate of drug-likeness (QED) is 0.584. The van der Waals surface area contributed by atoms with Crippen LogP contribution in [0.3, 0.4) is 0 Å². The van der Waals surface area contributed by atoms with Crippen molar-refractivity contribution in [3.63, 3.8) is 0 Å². The molecule has 1 rings (SSSR count). The second kappa shape index (κ2) is 4.58. The predicted octanol–water partition coefficient (Wildman–Crippen LogP) is 2.49. The van der Waals surface area contributed by atoms with Gasteiger partial charge in [-0.3, -0.25) is 4.79 Å². The summed E-state index contributed by atoms with van der Waals surface area (Å²) in [6, 6.07) is 8.99. The van der Waals surface area contributed by atoms with E-state index in [4.69, 9.17) is 5.26 Å². The van der Waals surface area contributed by atoms with E-state index < -0.39 is 0 Å². The summed E-state index contributed by atoms with van der Waals surface area (Å²) in [5.74, 6) is 0. The molecule has 13 heavy (non-hydrogen) atoms. The highest BCUT2D eigenvalue weighted by atomic mass is 79.9. The van der Waals surface area contributed by atoms with Gasteiger partial charge >= 0.3 is 0 Å². The second-order valence-electron chi connectivity index (χ2n) is 2.34. The molecule has 2 nitrogen and oxygen atoms in total. The molecule has 0 radical (unpaired) electrons. The number of carbonyl (C=O) groups excluding carboxylic acids is 1. The van der Waals surface area contributed by atoms with Gasteiger partial charge in [-0.2, -0.15) is 5.26 Å². The van der Waals surface area contributed by atoms with Crippen molar-refractivity contribution in [3.05, 3.63) is 41.5 Å². The molecule has 0 unspecified atom stereocenters. The van der Waals surface area contributed by atoms with Gasteiger partial charge in [0.05, 0.1) is 11.6 Å². The Balaban J connectivity index is 3.00. The smallest absolute Gasteiger partial charge is 0.143 e. The van der Waals surface area contributed by atoms with Gasteiger partial charge in [-0.25, -0.2) is 0 Å². The Bertz CT molecular complexity index is 373. The van der Waals surface area contributed by atoms with Gasteiger partial charge in [0.2, 0.25) is 0 Å². The van der Waals surface area contributed by atoms with Crippen molar-refractivity contribution < 1.29 is 4.79 Å². The third kappa shape index (κ3) is 2.53. The van der Waals surface area contributed by atoms with Crippen LogP contribution in [0.4, 0.5) is 0 Å². The molecule has 64 valence electrons. The minimum absolute atomic E-state index is 0.607. The topological polar surface area (TPSA) is 40.9 Å². The van der Waals surface area contributed by atoms with Crippen LogP contribution in [0, 0.1) is 11.3 Å². The molecule has 0 atom stereocenters. The predicted molar refractivity (Wildman–Crippen MR) is 54.1 cm³/mol. The fourth-order valence-corrected chi connectivity index (χ4v) is 1.23. The van der Waals surface area contributed by atoms with E-state index in [1.54, 1.807) is 24.3 Å². The number of nitriles is 1. The van der Waals surface area contributed by atoms with E-state index in [1.165, 1.54) is 6.08 Å². The average Bonchev–Trinajstić information content (AvgIpc) is 2.18. The Labute approximate surface area is 84.6 Å². The Morgan fingerprint density at radius 3 is 2.46 bits per heavy atom. The Morgan fingerprint density at radius 2 is 2.00 bits per heavy atom. The summed E-state index contributed by atoms with van der Waals surface area (Å²) in [6.45, 7) is 0. The number of hydrogen-bond acceptors (Lipinski definition) is 2. The van der Waals surface area contributed by atoms with E-state index in [0.717, 1.165) is 5.56 Å². The first-order valence-electron chi connectivity index (χ1n) is 3.59. The van der Waals surface area contributed by atoms with Gasteiger partial charge in [0, 0.05) is 4.48 Å². The molecule has 0 N–H and O–H groups in total. The molecule has 0 amide bonds. The van der Waals surface area contributed by atoms with E-state index in [1.807, 2.05) is 6.07 Å². The monoisotopic (exact) mass is 235 g/mol. The van der Waals surface area contributed by atoms with Gasteiger partial charge in [0.15, 0.2) is 0 Å². The first kappa shape index (κ1) is 9.69. The number of hydrogen-bond donors (Lipinski definition) is 0. The van der Waals surface area contributed by atoms with Crippen LogP contribution in [-0.2, 0) is 4.79 Å². The van der Waals surface area contributed by atoms with Crippen LogP contribution in [-0.4, -0.2) is 6.29 Å². The number of halogens is 1. The summed E-state index contributed by atoms with van der Waals surface area (Å²) in [5, 5.41) is 8.54. The normalized spacial score (nSPS) is 10.6. The van der Waals surface area contributed by atoms with E-state index >= 15 is 0 Å². The van der Waals surface area contributed by atoms with E-state index in [0.29, 0.717) is 16.3 Å². The zero-order valence-electron chi connectivity index (χ0n) is 6.70. The SMILES string of the molecule is N#Cc1ccc(C(Br)=CC=O)cc1. The molecule has 0 saturated heterocycles. The van der Waals surface area contributed by atoms with Crippen LogP contribution < -0.4 is 0 Å². The van der Waals surface area contributed by atoms with Crippen molar-refractivity contribution in [2.45, 2.75) is 0 Å². The Morgan fingerprint density at radius 1 is 1.38 bits per heavy atom. The largest absolute Gasteiger partial charge is 0.299 e. The van der Waals surface area contributed by atoms with E-state index in [9.17, 15) is 4.79 Å². The standard InChI is InChI=1S/C10H6BrNO/c11-10(5-6-13)9-3-1-8(7-12)2-4-9/h1-6H. The fraction of sp³-hybridized carbons (Fsp3) is 0. The average molecular weight is 236 g/mol. The maximum atomic E-state index is 10.2. The highest BCUT2D eigenvalue weighted by Crippen LogP contribution is 2.20. The maximum Gasteiger partial charge on any atom is 0.143 e. The fourth-order valence-electron chi connectivity index (χ4n) is 0.860. The second-order valence-corrected chi connectivity index (χ2v) is 3.19. The summed E-state index contributed by atoms with van der Waals surface area (Å²) >= 11 is 3.24. The lowest BCUT2D eigenvalue weighted by Gasteiger charge is -1.96. The molecular formula is C10H6BrNO. The summed E-state index contributed by atoms with van der Waals surface area (Å²) < 4.78 is 0.715. The Hall–Kier alpha value is -1.40. The molecule has 1 aromatic rings. The number of aldehydes is 1. The first-order chi connectivity index (χ1) is 6.27. The van der Waals surface area contributed by atoms with Crippen molar-refractivity contribution >= 4 is 26.7 Å². The van der Waals surface area contributed by atoms with Gasteiger partial charge in [-0.1, -0.05) is 28.1 Å². The number of nitrogens with zero attached hydrogens (tertiary/aromatic N) is 1. The third-order valence-corrected chi connectivity index (χ3v) is 2.23. The number of benzene rings is 1. The summed E-state index contributed by atoms with van der Waals surface area (Å²) in [5.41, 5.74) is 1.49. The van der Waals surface area contributed by atoms with Crippen LogP contribution in [0.2, 0.25) is 0 Å². The van der Waals surface area contributed by atoms with Gasteiger partial charge in [0.1, 0.15) is 6.29 Å². The highest BCUT2D eigenvalue weighted by molar-refractivity contribution is 9.15. The molecule has 0 aliphatic carbocycles. The molecular weight excluding hydrogens is 230 g/mol. The van der Waals surface area contributed by atoms with Crippen LogP contribution in [0.1, 0.15) is 11.1 Å². The lowest BCUT2D eigenvalue weighted by Crippen LogP contribution is -1.78. The van der Waals surface area contributed by atoms with Crippen LogP contribution in [0.5, 0.6) is 0 Å². The summed E-state index contributed by atoms with van der Waals surface area (Å²) in [4.78, 5) is 10.2. The van der Waals surface area contributed by atoms with Crippen molar-refractivity contribution in [3.8, 4) is 6.07 Å². The van der Waals surface area contributed by atoms with Crippen LogP contribution in [0.25, 0.3) is 4.48 Å². The highest BCUT2D eigenvalue weighted by Gasteiger charge is 1.96. The summed E-state index contributed by atoms with van der Waals surface area (Å²) in [7, 11) is 0. The molecule has 0 aliphatic rings. The number of allylic oxidation sites excluding steroid dienone is 1.